The minimum absolute atomic E-state index is 0.0188. The van der Waals surface area contributed by atoms with Gasteiger partial charge in [0.2, 0.25) is 0 Å². The number of hydrogen-bond donors (Lipinski definition) is 0. The van der Waals surface area contributed by atoms with E-state index in [1.165, 1.54) is 13.0 Å². The van der Waals surface area contributed by atoms with E-state index in [9.17, 15) is 13.2 Å². The Hall–Kier alpha value is -2.01. The molecule has 0 aromatic heterocycles. The molecule has 0 atom stereocenters. The Kier molecular flexibility index (Phi) is 7.59. The van der Waals surface area contributed by atoms with Crippen molar-refractivity contribution in [3.63, 3.8) is 0 Å². The number of aryl methyl sites for hydroxylation is 1. The van der Waals surface area contributed by atoms with Crippen LogP contribution in [0.3, 0.4) is 0 Å². The van der Waals surface area contributed by atoms with Gasteiger partial charge in [0.1, 0.15) is 11.6 Å². The fraction of sp³-hybridized carbons (Fsp3) is 0.500. The Bertz CT molecular complexity index is 814. The standard InChI is InChI=1S/C24H29F3O2/c1-3-4-13-28-20-11-12-21(22(25)14-20)17-7-9-19(10-8-17)29-15-18-6-5-16(2)23(26)24(18)27/h5-6,11-12,14,17,19H,3-4,7-10,13,15H2,1-2H3. The lowest BCUT2D eigenvalue weighted by molar-refractivity contribution is 0.0116. The lowest BCUT2D eigenvalue weighted by Gasteiger charge is -2.29. The molecule has 0 radical (unpaired) electrons. The number of rotatable bonds is 8. The first-order valence-electron chi connectivity index (χ1n) is 10.5. The highest BCUT2D eigenvalue weighted by Crippen LogP contribution is 2.36. The average Bonchev–Trinajstić information content (AvgIpc) is 2.72. The van der Waals surface area contributed by atoms with E-state index in [1.54, 1.807) is 12.1 Å². The Balaban J connectivity index is 1.51. The summed E-state index contributed by atoms with van der Waals surface area (Å²) < 4.78 is 53.6. The molecule has 0 N–H and O–H groups in total. The maximum absolute atomic E-state index is 14.5. The van der Waals surface area contributed by atoms with Gasteiger partial charge in [-0.15, -0.1) is 0 Å². The largest absolute Gasteiger partial charge is 0.493 e. The Morgan fingerprint density at radius 1 is 0.966 bits per heavy atom. The summed E-state index contributed by atoms with van der Waals surface area (Å²) in [5.41, 5.74) is 1.24. The number of halogens is 3. The summed E-state index contributed by atoms with van der Waals surface area (Å²) in [4.78, 5) is 0. The molecule has 5 heteroatoms. The van der Waals surface area contributed by atoms with Crippen molar-refractivity contribution in [2.45, 2.75) is 71.0 Å². The van der Waals surface area contributed by atoms with Gasteiger partial charge in [-0.25, -0.2) is 13.2 Å². The number of unbranched alkanes of at least 4 members (excludes halogenated alkanes) is 1. The second kappa shape index (κ2) is 10.1. The second-order valence-electron chi connectivity index (χ2n) is 7.84. The van der Waals surface area contributed by atoms with Gasteiger partial charge in [-0.2, -0.15) is 0 Å². The predicted octanol–water partition coefficient (Wildman–Crippen LogP) is 6.83. The van der Waals surface area contributed by atoms with Crippen LogP contribution in [0.25, 0.3) is 0 Å². The van der Waals surface area contributed by atoms with Crippen LogP contribution in [0.5, 0.6) is 5.75 Å². The van der Waals surface area contributed by atoms with E-state index in [-0.39, 0.29) is 35.6 Å². The molecule has 0 amide bonds. The molecule has 0 aliphatic heterocycles. The highest BCUT2D eigenvalue weighted by atomic mass is 19.2. The fourth-order valence-corrected chi connectivity index (χ4v) is 3.81. The monoisotopic (exact) mass is 406 g/mol. The number of benzene rings is 2. The van der Waals surface area contributed by atoms with Crippen LogP contribution >= 0.6 is 0 Å². The average molecular weight is 406 g/mol. The quantitative estimate of drug-likeness (QED) is 0.447. The van der Waals surface area contributed by atoms with E-state index in [2.05, 4.69) is 6.92 Å². The third-order valence-corrected chi connectivity index (χ3v) is 5.68. The summed E-state index contributed by atoms with van der Waals surface area (Å²) in [5, 5.41) is 0. The van der Waals surface area contributed by atoms with Gasteiger partial charge in [-0.1, -0.05) is 31.5 Å². The number of hydrogen-bond acceptors (Lipinski definition) is 2. The molecule has 158 valence electrons. The second-order valence-corrected chi connectivity index (χ2v) is 7.84. The van der Waals surface area contributed by atoms with Gasteiger partial charge in [-0.05, 0) is 62.1 Å². The SMILES string of the molecule is CCCCOc1ccc(C2CCC(OCc3ccc(C)c(F)c3F)CC2)c(F)c1. The van der Waals surface area contributed by atoms with E-state index in [1.807, 2.05) is 12.1 Å². The van der Waals surface area contributed by atoms with Gasteiger partial charge in [-0.3, -0.25) is 0 Å². The first kappa shape index (κ1) is 21.7. The zero-order valence-electron chi connectivity index (χ0n) is 17.1. The van der Waals surface area contributed by atoms with Crippen LogP contribution in [-0.4, -0.2) is 12.7 Å². The summed E-state index contributed by atoms with van der Waals surface area (Å²) in [5.74, 6) is -1.15. The third kappa shape index (κ3) is 5.53. The van der Waals surface area contributed by atoms with E-state index in [0.717, 1.165) is 44.1 Å². The lowest BCUT2D eigenvalue weighted by atomic mass is 9.82. The predicted molar refractivity (Wildman–Crippen MR) is 108 cm³/mol. The summed E-state index contributed by atoms with van der Waals surface area (Å²) in [6.45, 7) is 4.27. The molecule has 2 nitrogen and oxygen atoms in total. The summed E-state index contributed by atoms with van der Waals surface area (Å²) in [7, 11) is 0. The van der Waals surface area contributed by atoms with Crippen LogP contribution in [0, 0.1) is 24.4 Å². The van der Waals surface area contributed by atoms with Crippen molar-refractivity contribution in [1.82, 2.24) is 0 Å². The molecule has 0 unspecified atom stereocenters. The molecule has 0 bridgehead atoms. The van der Waals surface area contributed by atoms with Crippen LogP contribution in [-0.2, 0) is 11.3 Å². The first-order chi connectivity index (χ1) is 14.0. The van der Waals surface area contributed by atoms with Crippen molar-refractivity contribution in [3.8, 4) is 5.75 Å². The normalized spacial score (nSPS) is 19.3. The fourth-order valence-electron chi connectivity index (χ4n) is 3.81. The van der Waals surface area contributed by atoms with Crippen LogP contribution in [0.15, 0.2) is 30.3 Å². The molecule has 3 rings (SSSR count). The van der Waals surface area contributed by atoms with Crippen molar-refractivity contribution >= 4 is 0 Å². The minimum Gasteiger partial charge on any atom is -0.493 e. The third-order valence-electron chi connectivity index (χ3n) is 5.68. The molecule has 2 aromatic carbocycles. The molecule has 2 aromatic rings. The Morgan fingerprint density at radius 2 is 1.72 bits per heavy atom. The number of ether oxygens (including phenoxy) is 2. The molecule has 0 heterocycles. The molecular weight excluding hydrogens is 377 g/mol. The van der Waals surface area contributed by atoms with Gasteiger partial charge in [0, 0.05) is 11.6 Å². The smallest absolute Gasteiger partial charge is 0.164 e. The van der Waals surface area contributed by atoms with Crippen LogP contribution in [0.1, 0.15) is 68.1 Å². The molecule has 1 fully saturated rings. The molecule has 1 aliphatic carbocycles. The molecule has 0 spiro atoms. The zero-order chi connectivity index (χ0) is 20.8. The maximum atomic E-state index is 14.5. The molecule has 1 aliphatic rings. The highest BCUT2D eigenvalue weighted by molar-refractivity contribution is 5.31. The summed E-state index contributed by atoms with van der Waals surface area (Å²) in [6, 6.07) is 8.27. The van der Waals surface area contributed by atoms with Crippen molar-refractivity contribution in [2.75, 3.05) is 6.61 Å². The van der Waals surface area contributed by atoms with Gasteiger partial charge in [0.15, 0.2) is 11.6 Å². The molecule has 1 saturated carbocycles. The molecular formula is C24H29F3O2. The van der Waals surface area contributed by atoms with E-state index >= 15 is 0 Å². The lowest BCUT2D eigenvalue weighted by Crippen LogP contribution is -2.21. The van der Waals surface area contributed by atoms with Gasteiger partial charge >= 0.3 is 0 Å². The van der Waals surface area contributed by atoms with Crippen molar-refractivity contribution < 1.29 is 22.6 Å². The van der Waals surface area contributed by atoms with Crippen LogP contribution in [0.2, 0.25) is 0 Å². The minimum atomic E-state index is -0.831. The van der Waals surface area contributed by atoms with E-state index in [4.69, 9.17) is 9.47 Å². The Labute approximate surface area is 171 Å². The Morgan fingerprint density at radius 3 is 2.41 bits per heavy atom. The molecule has 29 heavy (non-hydrogen) atoms. The summed E-state index contributed by atoms with van der Waals surface area (Å²) >= 11 is 0. The van der Waals surface area contributed by atoms with E-state index in [0.29, 0.717) is 12.4 Å². The van der Waals surface area contributed by atoms with Gasteiger partial charge < -0.3 is 9.47 Å². The molecule has 0 saturated heterocycles. The van der Waals surface area contributed by atoms with Crippen LogP contribution in [0.4, 0.5) is 13.2 Å². The van der Waals surface area contributed by atoms with Crippen LogP contribution < -0.4 is 4.74 Å². The van der Waals surface area contributed by atoms with Crippen molar-refractivity contribution in [3.05, 3.63) is 64.5 Å². The van der Waals surface area contributed by atoms with E-state index < -0.39 is 11.6 Å². The van der Waals surface area contributed by atoms with Gasteiger partial charge in [0.05, 0.1) is 19.3 Å². The zero-order valence-corrected chi connectivity index (χ0v) is 17.1. The first-order valence-corrected chi connectivity index (χ1v) is 10.5. The summed E-state index contributed by atoms with van der Waals surface area (Å²) in [6.07, 6.45) is 5.13. The van der Waals surface area contributed by atoms with Crippen molar-refractivity contribution in [2.24, 2.45) is 0 Å². The maximum Gasteiger partial charge on any atom is 0.164 e. The highest BCUT2D eigenvalue weighted by Gasteiger charge is 2.25. The topological polar surface area (TPSA) is 18.5 Å². The van der Waals surface area contributed by atoms with Gasteiger partial charge in [0.25, 0.3) is 0 Å². The van der Waals surface area contributed by atoms with Crippen molar-refractivity contribution in [1.29, 1.82) is 0 Å².